The number of aromatic amines is 1. The number of rotatable bonds is 8. The molecule has 0 saturated carbocycles. The Morgan fingerprint density at radius 2 is 2.06 bits per heavy atom. The van der Waals surface area contributed by atoms with Gasteiger partial charge in [-0.3, -0.25) is 9.69 Å². The van der Waals surface area contributed by atoms with Crippen molar-refractivity contribution in [3.63, 3.8) is 0 Å². The molecule has 2 aliphatic rings. The monoisotopic (exact) mass is 488 g/mol. The molecule has 1 amide bonds. The largest absolute Gasteiger partial charge is 0.508 e. The summed E-state index contributed by atoms with van der Waals surface area (Å²) in [4.78, 5) is 23.9. The second-order valence-electron chi connectivity index (χ2n) is 10.1. The molecule has 1 aromatic heterocycles. The van der Waals surface area contributed by atoms with Crippen molar-refractivity contribution in [2.45, 2.75) is 45.2 Å². The van der Waals surface area contributed by atoms with Crippen molar-refractivity contribution in [3.05, 3.63) is 71.7 Å². The van der Waals surface area contributed by atoms with E-state index in [1.807, 2.05) is 43.0 Å². The van der Waals surface area contributed by atoms with E-state index in [-0.39, 0.29) is 17.7 Å². The Kier molecular flexibility index (Phi) is 6.20. The maximum atomic E-state index is 14.0. The van der Waals surface area contributed by atoms with Crippen LogP contribution in [0.3, 0.4) is 0 Å². The fourth-order valence-corrected chi connectivity index (χ4v) is 5.82. The highest BCUT2D eigenvalue weighted by atomic mass is 16.5. The number of phenols is 1. The minimum absolute atomic E-state index is 0.0813. The molecule has 7 heteroatoms. The zero-order valence-electron chi connectivity index (χ0n) is 21.7. The van der Waals surface area contributed by atoms with E-state index in [0.717, 1.165) is 53.0 Å². The summed E-state index contributed by atoms with van der Waals surface area (Å²) in [7, 11) is 2.09. The zero-order chi connectivity index (χ0) is 25.6. The Morgan fingerprint density at radius 1 is 1.25 bits per heavy atom. The molecule has 0 aliphatic carbocycles. The molecule has 3 heterocycles. The molecule has 36 heavy (non-hydrogen) atoms. The Hall–Kier alpha value is -3.45. The first kappa shape index (κ1) is 24.3. The Morgan fingerprint density at radius 3 is 2.78 bits per heavy atom. The first-order valence-electron chi connectivity index (χ1n) is 12.8. The van der Waals surface area contributed by atoms with Gasteiger partial charge in [0, 0.05) is 29.6 Å². The second-order valence-corrected chi connectivity index (χ2v) is 10.1. The van der Waals surface area contributed by atoms with Gasteiger partial charge in [0.15, 0.2) is 0 Å². The molecule has 190 valence electrons. The number of fused-ring (bicyclic) bond motifs is 4. The molecule has 0 spiro atoms. The Balaban J connectivity index is 1.62. The highest BCUT2D eigenvalue weighted by Crippen LogP contribution is 2.51. The molecule has 0 radical (unpaired) electrons. The fraction of sp³-hybridized carbons (Fsp3) is 0.414. The number of ether oxygens (including phenoxy) is 1. The van der Waals surface area contributed by atoms with Gasteiger partial charge in [0.25, 0.3) is 5.91 Å². The van der Waals surface area contributed by atoms with Crippen LogP contribution in [0.4, 0.5) is 0 Å². The van der Waals surface area contributed by atoms with Gasteiger partial charge >= 0.3 is 0 Å². The quantitative estimate of drug-likeness (QED) is 0.484. The van der Waals surface area contributed by atoms with Crippen molar-refractivity contribution in [1.82, 2.24) is 19.7 Å². The lowest BCUT2D eigenvalue weighted by Crippen LogP contribution is -2.52. The summed E-state index contributed by atoms with van der Waals surface area (Å²) in [5.41, 5.74) is 3.29. The van der Waals surface area contributed by atoms with Gasteiger partial charge in [0.1, 0.15) is 22.9 Å². The van der Waals surface area contributed by atoms with E-state index >= 15 is 0 Å². The topological polar surface area (TPSA) is 72.0 Å². The molecule has 0 bridgehead atoms. The molecular weight excluding hydrogens is 452 g/mol. The lowest BCUT2D eigenvalue weighted by molar-refractivity contribution is -0.133. The molecule has 7 nitrogen and oxygen atoms in total. The number of benzene rings is 2. The van der Waals surface area contributed by atoms with E-state index in [1.54, 1.807) is 12.1 Å². The average Bonchev–Trinajstić information content (AvgIpc) is 3.30. The summed E-state index contributed by atoms with van der Waals surface area (Å²) in [5, 5.41) is 11.4. The zero-order valence-corrected chi connectivity index (χ0v) is 21.7. The number of carbonyl (C=O) groups is 1. The standard InChI is InChI=1S/C29H36N4O3/c1-6-31(5)14-9-15-32-19(3)33-27(20-10-8-11-21(34)16-20)26-24(18-29(33,4)28(32)35)23-17-22(36-7-2)12-13-25(23)30-26/h8,10-13,16-17,27,30,34H,3,6-7,9,14-15,18H2,1-2,4-5H3/t27-,29+/m1/s1. The minimum atomic E-state index is -0.784. The van der Waals surface area contributed by atoms with Crippen molar-refractivity contribution in [2.75, 3.05) is 33.3 Å². The third-order valence-electron chi connectivity index (χ3n) is 7.75. The van der Waals surface area contributed by atoms with E-state index in [9.17, 15) is 9.90 Å². The summed E-state index contributed by atoms with van der Waals surface area (Å²) in [5.74, 6) is 1.82. The maximum Gasteiger partial charge on any atom is 0.254 e. The van der Waals surface area contributed by atoms with Crippen LogP contribution in [0.5, 0.6) is 11.5 Å². The Bertz CT molecular complexity index is 1320. The molecular formula is C29H36N4O3. The van der Waals surface area contributed by atoms with Gasteiger partial charge in [0.2, 0.25) is 0 Å². The molecule has 0 unspecified atom stereocenters. The van der Waals surface area contributed by atoms with Crippen LogP contribution in [-0.2, 0) is 11.2 Å². The van der Waals surface area contributed by atoms with Crippen LogP contribution in [0.25, 0.3) is 10.9 Å². The van der Waals surface area contributed by atoms with E-state index in [4.69, 9.17) is 4.74 Å². The van der Waals surface area contributed by atoms with Gasteiger partial charge in [-0.2, -0.15) is 0 Å². The highest BCUT2D eigenvalue weighted by Gasteiger charge is 2.57. The molecule has 2 N–H and O–H groups in total. The smallest absolute Gasteiger partial charge is 0.254 e. The number of nitrogens with zero attached hydrogens (tertiary/aromatic N) is 3. The number of aromatic hydroxyl groups is 1. The molecule has 2 aliphatic heterocycles. The number of phenolic OH excluding ortho intramolecular Hbond substituents is 1. The highest BCUT2D eigenvalue weighted by molar-refractivity contribution is 5.94. The van der Waals surface area contributed by atoms with Crippen molar-refractivity contribution in [2.24, 2.45) is 0 Å². The number of amides is 1. The summed E-state index contributed by atoms with van der Waals surface area (Å²) in [6, 6.07) is 13.1. The van der Waals surface area contributed by atoms with Crippen molar-refractivity contribution in [3.8, 4) is 11.5 Å². The first-order chi connectivity index (χ1) is 17.3. The molecule has 3 aromatic rings. The normalized spacial score (nSPS) is 21.4. The predicted octanol–water partition coefficient (Wildman–Crippen LogP) is 4.63. The van der Waals surface area contributed by atoms with Crippen LogP contribution >= 0.6 is 0 Å². The number of nitrogens with one attached hydrogen (secondary N) is 1. The number of hydrogen-bond donors (Lipinski definition) is 2. The van der Waals surface area contributed by atoms with Crippen LogP contribution in [0.2, 0.25) is 0 Å². The van der Waals surface area contributed by atoms with E-state index in [0.29, 0.717) is 25.4 Å². The molecule has 2 atom stereocenters. The number of H-pyrrole nitrogens is 1. The van der Waals surface area contributed by atoms with Crippen LogP contribution in [-0.4, -0.2) is 69.5 Å². The maximum absolute atomic E-state index is 14.0. The fourth-order valence-electron chi connectivity index (χ4n) is 5.82. The second kappa shape index (κ2) is 9.21. The number of hydrogen-bond acceptors (Lipinski definition) is 5. The predicted molar refractivity (Wildman–Crippen MR) is 142 cm³/mol. The van der Waals surface area contributed by atoms with Gasteiger partial charge in [-0.05, 0) is 81.9 Å². The lowest BCUT2D eigenvalue weighted by atomic mass is 9.81. The van der Waals surface area contributed by atoms with Crippen LogP contribution in [0.1, 0.15) is 50.1 Å². The molecule has 1 fully saturated rings. The van der Waals surface area contributed by atoms with Crippen molar-refractivity contribution >= 4 is 16.8 Å². The summed E-state index contributed by atoms with van der Waals surface area (Å²) in [6.07, 6.45) is 1.44. The molecule has 2 aromatic carbocycles. The van der Waals surface area contributed by atoms with Crippen molar-refractivity contribution < 1.29 is 14.6 Å². The third kappa shape index (κ3) is 3.82. The summed E-state index contributed by atoms with van der Waals surface area (Å²) < 4.78 is 5.79. The average molecular weight is 489 g/mol. The summed E-state index contributed by atoms with van der Waals surface area (Å²) >= 11 is 0. The van der Waals surface area contributed by atoms with Gasteiger partial charge in [-0.1, -0.05) is 25.6 Å². The SMILES string of the molecule is C=C1N(CCCN(C)CC)C(=O)[C@]2(C)Cc3c([nH]c4ccc(OCC)cc34)[C@@H](c3cccc(O)c3)N12. The van der Waals surface area contributed by atoms with Gasteiger partial charge < -0.3 is 24.6 Å². The van der Waals surface area contributed by atoms with Gasteiger partial charge in [-0.25, -0.2) is 0 Å². The molecule has 1 saturated heterocycles. The Labute approximate surface area is 213 Å². The van der Waals surface area contributed by atoms with Crippen LogP contribution < -0.4 is 4.74 Å². The van der Waals surface area contributed by atoms with Crippen LogP contribution in [0, 0.1) is 0 Å². The molecule has 5 rings (SSSR count). The first-order valence-corrected chi connectivity index (χ1v) is 12.8. The number of aromatic nitrogens is 1. The van der Waals surface area contributed by atoms with E-state index < -0.39 is 5.54 Å². The number of carbonyl (C=O) groups excluding carboxylic acids is 1. The van der Waals surface area contributed by atoms with Gasteiger partial charge in [0.05, 0.1) is 12.6 Å². The van der Waals surface area contributed by atoms with Crippen molar-refractivity contribution in [1.29, 1.82) is 0 Å². The lowest BCUT2D eigenvalue weighted by Gasteiger charge is -2.44. The van der Waals surface area contributed by atoms with Crippen LogP contribution in [0.15, 0.2) is 54.9 Å². The summed E-state index contributed by atoms with van der Waals surface area (Å²) in [6.45, 7) is 13.7. The van der Waals surface area contributed by atoms with E-state index in [2.05, 4.69) is 41.4 Å². The minimum Gasteiger partial charge on any atom is -0.508 e. The van der Waals surface area contributed by atoms with E-state index in [1.165, 1.54) is 0 Å². The third-order valence-corrected chi connectivity index (χ3v) is 7.75. The van der Waals surface area contributed by atoms with Gasteiger partial charge in [-0.15, -0.1) is 0 Å².